The van der Waals surface area contributed by atoms with E-state index >= 15 is 0 Å². The highest BCUT2D eigenvalue weighted by atomic mass is 16.6. The van der Waals surface area contributed by atoms with E-state index < -0.39 is 9.85 Å². The third kappa shape index (κ3) is 7.38. The molecule has 0 saturated carbocycles. The molecular formula is C25H30N2O10. The van der Waals surface area contributed by atoms with Crippen LogP contribution in [0.5, 0.6) is 23.0 Å². The van der Waals surface area contributed by atoms with Gasteiger partial charge in [-0.2, -0.15) is 0 Å². The molecule has 200 valence electrons. The van der Waals surface area contributed by atoms with E-state index in [1.807, 2.05) is 0 Å². The van der Waals surface area contributed by atoms with E-state index in [9.17, 15) is 29.8 Å². The van der Waals surface area contributed by atoms with Gasteiger partial charge < -0.3 is 18.9 Å². The molecule has 0 unspecified atom stereocenters. The number of rotatable bonds is 16. The Kier molecular flexibility index (Phi) is 10.8. The van der Waals surface area contributed by atoms with Gasteiger partial charge in [-0.05, 0) is 12.8 Å². The summed E-state index contributed by atoms with van der Waals surface area (Å²) in [4.78, 5) is 46.8. The first-order valence-corrected chi connectivity index (χ1v) is 11.6. The number of nitro benzene ring substituents is 2. The summed E-state index contributed by atoms with van der Waals surface area (Å²) in [7, 11) is 5.47. The van der Waals surface area contributed by atoms with Crippen LogP contribution >= 0.6 is 0 Å². The number of unbranched alkanes of at least 4 members (excludes halogenated alkanes) is 4. The summed E-state index contributed by atoms with van der Waals surface area (Å²) in [5, 5.41) is 22.8. The van der Waals surface area contributed by atoms with Crippen LogP contribution in [-0.2, 0) is 0 Å². The minimum Gasteiger partial charge on any atom is -0.493 e. The Morgan fingerprint density at radius 3 is 1.19 bits per heavy atom. The molecule has 0 aliphatic carbocycles. The topological polar surface area (TPSA) is 157 Å². The summed E-state index contributed by atoms with van der Waals surface area (Å²) in [5.41, 5.74) is -0.759. The highest BCUT2D eigenvalue weighted by molar-refractivity contribution is 6.01. The molecule has 0 radical (unpaired) electrons. The standard InChI is InChI=1S/C25H30N2O10/c1-34-22-12-16(18(26(30)31)14-24(22)36-3)20(28)10-8-6-5-7-9-11-21(29)17-13-23(35-2)25(37-4)15-19(17)27(32)33/h12-15H,5-11H2,1-4H3. The van der Waals surface area contributed by atoms with Crippen LogP contribution in [0.1, 0.15) is 65.7 Å². The van der Waals surface area contributed by atoms with E-state index in [2.05, 4.69) is 0 Å². The lowest BCUT2D eigenvalue weighted by Gasteiger charge is -2.10. The highest BCUT2D eigenvalue weighted by Gasteiger charge is 2.25. The van der Waals surface area contributed by atoms with Gasteiger partial charge in [-0.25, -0.2) is 0 Å². The fraction of sp³-hybridized carbons (Fsp3) is 0.440. The Hall–Kier alpha value is -4.22. The Morgan fingerprint density at radius 2 is 0.892 bits per heavy atom. The number of hydrogen-bond acceptors (Lipinski definition) is 10. The van der Waals surface area contributed by atoms with Crippen LogP contribution in [0.2, 0.25) is 0 Å². The molecule has 0 bridgehead atoms. The van der Waals surface area contributed by atoms with Gasteiger partial charge in [-0.3, -0.25) is 29.8 Å². The Bertz CT molecular complexity index is 1070. The lowest BCUT2D eigenvalue weighted by molar-refractivity contribution is -0.385. The van der Waals surface area contributed by atoms with Gasteiger partial charge >= 0.3 is 0 Å². The van der Waals surface area contributed by atoms with E-state index in [-0.39, 0.29) is 69.9 Å². The summed E-state index contributed by atoms with van der Waals surface area (Å²) in [6.45, 7) is 0. The molecule has 37 heavy (non-hydrogen) atoms. The third-order valence-electron chi connectivity index (χ3n) is 5.81. The molecule has 2 aromatic rings. The van der Waals surface area contributed by atoms with Crippen molar-refractivity contribution >= 4 is 22.9 Å². The van der Waals surface area contributed by atoms with Gasteiger partial charge in [0.05, 0.1) is 61.5 Å². The number of nitrogens with zero attached hydrogens (tertiary/aromatic N) is 2. The molecule has 0 N–H and O–H groups in total. The monoisotopic (exact) mass is 518 g/mol. The van der Waals surface area contributed by atoms with Crippen LogP contribution in [0, 0.1) is 20.2 Å². The van der Waals surface area contributed by atoms with Crippen molar-refractivity contribution < 1.29 is 38.4 Å². The predicted molar refractivity (Wildman–Crippen MR) is 133 cm³/mol. The quantitative estimate of drug-likeness (QED) is 0.123. The van der Waals surface area contributed by atoms with Gasteiger partial charge in [0, 0.05) is 25.0 Å². The summed E-state index contributed by atoms with van der Waals surface area (Å²) >= 11 is 0. The maximum atomic E-state index is 12.6. The molecule has 0 fully saturated rings. The smallest absolute Gasteiger partial charge is 0.284 e. The lowest BCUT2D eigenvalue weighted by atomic mass is 9.99. The van der Waals surface area contributed by atoms with Crippen molar-refractivity contribution in [2.45, 2.75) is 44.9 Å². The van der Waals surface area contributed by atoms with Gasteiger partial charge in [-0.1, -0.05) is 19.3 Å². The maximum absolute atomic E-state index is 12.6. The number of nitro groups is 2. The van der Waals surface area contributed by atoms with Crippen molar-refractivity contribution in [1.29, 1.82) is 0 Å². The average molecular weight is 519 g/mol. The summed E-state index contributed by atoms with van der Waals surface area (Å²) in [6, 6.07) is 4.98. The molecule has 0 atom stereocenters. The van der Waals surface area contributed by atoms with Gasteiger partial charge in [0.2, 0.25) is 0 Å². The van der Waals surface area contributed by atoms with Crippen LogP contribution in [0.25, 0.3) is 0 Å². The molecule has 2 aromatic carbocycles. The van der Waals surface area contributed by atoms with Crippen LogP contribution < -0.4 is 18.9 Å². The molecule has 0 saturated heterocycles. The van der Waals surface area contributed by atoms with Gasteiger partial charge in [-0.15, -0.1) is 0 Å². The normalized spacial score (nSPS) is 10.5. The van der Waals surface area contributed by atoms with Crippen molar-refractivity contribution in [2.24, 2.45) is 0 Å². The van der Waals surface area contributed by atoms with Gasteiger partial charge in [0.15, 0.2) is 34.6 Å². The first-order chi connectivity index (χ1) is 17.7. The molecular weight excluding hydrogens is 488 g/mol. The van der Waals surface area contributed by atoms with Crippen molar-refractivity contribution in [3.8, 4) is 23.0 Å². The van der Waals surface area contributed by atoms with E-state index in [0.29, 0.717) is 25.7 Å². The van der Waals surface area contributed by atoms with Crippen molar-refractivity contribution in [3.05, 3.63) is 55.6 Å². The molecule has 2 rings (SSSR count). The van der Waals surface area contributed by atoms with Crippen molar-refractivity contribution in [1.82, 2.24) is 0 Å². The molecule has 12 nitrogen and oxygen atoms in total. The zero-order valence-electron chi connectivity index (χ0n) is 21.2. The van der Waals surface area contributed by atoms with Crippen molar-refractivity contribution in [3.63, 3.8) is 0 Å². The van der Waals surface area contributed by atoms with E-state index in [4.69, 9.17) is 18.9 Å². The number of benzene rings is 2. The fourth-order valence-electron chi connectivity index (χ4n) is 3.86. The Morgan fingerprint density at radius 1 is 0.595 bits per heavy atom. The van der Waals surface area contributed by atoms with Crippen molar-refractivity contribution in [2.75, 3.05) is 28.4 Å². The number of hydrogen-bond donors (Lipinski definition) is 0. The molecule has 0 heterocycles. The SMILES string of the molecule is COc1cc(C(=O)CCCCCCCC(=O)c2cc(OC)c(OC)cc2[N+](=O)[O-])c([N+](=O)[O-])cc1OC. The summed E-state index contributed by atoms with van der Waals surface area (Å²) in [5.74, 6) is 0.0521. The molecule has 0 aliphatic rings. The van der Waals surface area contributed by atoms with E-state index in [0.717, 1.165) is 6.42 Å². The summed E-state index contributed by atoms with van der Waals surface area (Å²) in [6.07, 6.45) is 3.34. The highest BCUT2D eigenvalue weighted by Crippen LogP contribution is 2.36. The van der Waals surface area contributed by atoms with Crippen LogP contribution in [0.15, 0.2) is 24.3 Å². The first-order valence-electron chi connectivity index (χ1n) is 11.6. The number of Topliss-reactive ketones (excluding diaryl/α,β-unsaturated/α-hetero) is 2. The Balaban J connectivity index is 1.88. The molecule has 0 spiro atoms. The second-order valence-electron chi connectivity index (χ2n) is 8.08. The number of carbonyl (C=O) groups is 2. The zero-order chi connectivity index (χ0) is 27.5. The van der Waals surface area contributed by atoms with Gasteiger partial charge in [0.1, 0.15) is 0 Å². The predicted octanol–water partition coefficient (Wildman–Crippen LogP) is 5.33. The molecule has 0 aromatic heterocycles. The largest absolute Gasteiger partial charge is 0.493 e. The Labute approximate surface area is 213 Å². The first kappa shape index (κ1) is 29.0. The second kappa shape index (κ2) is 13.8. The van der Waals surface area contributed by atoms with E-state index in [1.54, 1.807) is 0 Å². The second-order valence-corrected chi connectivity index (χ2v) is 8.08. The zero-order valence-corrected chi connectivity index (χ0v) is 21.2. The minimum absolute atomic E-state index is 0.0373. The molecule has 12 heteroatoms. The van der Waals surface area contributed by atoms with Gasteiger partial charge in [0.25, 0.3) is 11.4 Å². The third-order valence-corrected chi connectivity index (χ3v) is 5.81. The summed E-state index contributed by atoms with van der Waals surface area (Å²) < 4.78 is 20.4. The number of methoxy groups -OCH3 is 4. The molecule has 0 amide bonds. The maximum Gasteiger partial charge on any atom is 0.284 e. The minimum atomic E-state index is -0.630. The number of carbonyl (C=O) groups excluding carboxylic acids is 2. The molecule has 0 aliphatic heterocycles. The van der Waals surface area contributed by atoms with Crippen LogP contribution in [0.3, 0.4) is 0 Å². The average Bonchev–Trinajstić information content (AvgIpc) is 2.90. The number of ketones is 2. The lowest BCUT2D eigenvalue weighted by Crippen LogP contribution is -2.06. The van der Waals surface area contributed by atoms with Crippen LogP contribution in [-0.4, -0.2) is 49.9 Å². The number of ether oxygens (including phenoxy) is 4. The fourth-order valence-corrected chi connectivity index (χ4v) is 3.86. The van der Waals surface area contributed by atoms with Crippen LogP contribution in [0.4, 0.5) is 11.4 Å². The van der Waals surface area contributed by atoms with E-state index in [1.165, 1.54) is 52.7 Å².